The lowest BCUT2D eigenvalue weighted by atomic mass is 9.99. The molecule has 0 bridgehead atoms. The minimum atomic E-state index is -1.57. The minimum absolute atomic E-state index is 0.192. The Morgan fingerprint density at radius 3 is 1.38 bits per heavy atom. The summed E-state index contributed by atoms with van der Waals surface area (Å²) in [7, 11) is 0. The molecule has 6 N–H and O–H groups in total. The minimum Gasteiger partial charge on any atom is -0.394 e. The fourth-order valence-corrected chi connectivity index (χ4v) is 7.77. The van der Waals surface area contributed by atoms with Gasteiger partial charge in [-0.05, 0) is 70.6 Å². The smallest absolute Gasteiger partial charge is 0.220 e. The lowest BCUT2D eigenvalue weighted by molar-refractivity contribution is -0.302. The van der Waals surface area contributed by atoms with Gasteiger partial charge in [-0.2, -0.15) is 0 Å². The molecule has 1 rings (SSSR count). The molecule has 1 heterocycles. The Bertz CT molecular complexity index is 1090. The molecular formula is C52H95NO8. The normalized spacial score (nSPS) is 20.8. The third-order valence-electron chi connectivity index (χ3n) is 11.9. The van der Waals surface area contributed by atoms with Gasteiger partial charge in [0.1, 0.15) is 24.4 Å². The molecule has 0 aliphatic carbocycles. The van der Waals surface area contributed by atoms with Crippen LogP contribution >= 0.6 is 0 Å². The lowest BCUT2D eigenvalue weighted by Gasteiger charge is -2.40. The summed E-state index contributed by atoms with van der Waals surface area (Å²) >= 11 is 0. The fraction of sp³-hybridized carbons (Fsp3) is 0.827. The zero-order valence-corrected chi connectivity index (χ0v) is 39.2. The Kier molecular flexibility index (Phi) is 39.5. The zero-order valence-electron chi connectivity index (χ0n) is 39.2. The van der Waals surface area contributed by atoms with Gasteiger partial charge in [-0.3, -0.25) is 4.79 Å². The maximum Gasteiger partial charge on any atom is 0.220 e. The molecule has 0 saturated carbocycles. The Balaban J connectivity index is 2.30. The number of aliphatic hydroxyl groups excluding tert-OH is 5. The molecule has 0 aromatic carbocycles. The Labute approximate surface area is 373 Å². The van der Waals surface area contributed by atoms with Crippen LogP contribution in [0.3, 0.4) is 0 Å². The predicted octanol–water partition coefficient (Wildman–Crippen LogP) is 11.4. The second-order valence-corrected chi connectivity index (χ2v) is 17.6. The highest BCUT2D eigenvalue weighted by Gasteiger charge is 2.44. The quantitative estimate of drug-likeness (QED) is 0.0262. The van der Waals surface area contributed by atoms with E-state index in [0.717, 1.165) is 51.4 Å². The van der Waals surface area contributed by atoms with E-state index in [1.807, 2.05) is 6.08 Å². The predicted molar refractivity (Wildman–Crippen MR) is 253 cm³/mol. The molecular weight excluding hydrogens is 767 g/mol. The van der Waals surface area contributed by atoms with E-state index in [2.05, 4.69) is 55.6 Å². The first kappa shape index (κ1) is 57.2. The van der Waals surface area contributed by atoms with Crippen molar-refractivity contribution >= 4 is 5.91 Å². The molecule has 9 heteroatoms. The van der Waals surface area contributed by atoms with Crippen LogP contribution in [0.4, 0.5) is 0 Å². The van der Waals surface area contributed by atoms with Crippen molar-refractivity contribution in [3.8, 4) is 0 Å². The van der Waals surface area contributed by atoms with Gasteiger partial charge in [0.05, 0.1) is 25.4 Å². The average Bonchev–Trinajstić information content (AvgIpc) is 3.26. The number of hydrogen-bond donors (Lipinski definition) is 6. The average molecular weight is 862 g/mol. The van der Waals surface area contributed by atoms with Crippen molar-refractivity contribution in [3.63, 3.8) is 0 Å². The third-order valence-corrected chi connectivity index (χ3v) is 11.9. The number of aliphatic hydroxyl groups is 5. The van der Waals surface area contributed by atoms with Crippen LogP contribution in [0.15, 0.2) is 48.6 Å². The van der Waals surface area contributed by atoms with Gasteiger partial charge in [0, 0.05) is 6.42 Å². The highest BCUT2D eigenvalue weighted by Crippen LogP contribution is 2.23. The molecule has 0 radical (unpaired) electrons. The number of nitrogens with one attached hydrogen (secondary N) is 1. The molecule has 356 valence electrons. The first-order valence-corrected chi connectivity index (χ1v) is 25.4. The molecule has 1 saturated heterocycles. The summed E-state index contributed by atoms with van der Waals surface area (Å²) in [5.41, 5.74) is 0. The molecule has 1 aliphatic heterocycles. The maximum atomic E-state index is 13.0. The highest BCUT2D eigenvalue weighted by molar-refractivity contribution is 5.76. The van der Waals surface area contributed by atoms with Crippen molar-refractivity contribution in [3.05, 3.63) is 48.6 Å². The Hall–Kier alpha value is -1.85. The standard InChI is InChI=1S/C52H95NO8/c1-3-5-7-9-11-13-15-17-19-20-21-22-23-24-25-26-28-30-32-34-36-38-40-42-48(56)53-45(44-60-52-51(59)50(58)49(57)47(43-54)61-52)46(55)41-39-37-35-33-31-29-27-18-16-14-12-10-8-6-4-2/h16,18,20-21,31,33,39,41,45-47,49-52,54-55,57-59H,3-15,17,19,22-30,32,34-38,40,42-44H2,1-2H3,(H,53,56)/b18-16+,21-20-,33-31+,41-39+. The van der Waals surface area contributed by atoms with Crippen molar-refractivity contribution in [2.45, 2.75) is 262 Å². The number of ether oxygens (including phenoxy) is 2. The van der Waals surface area contributed by atoms with Crippen LogP contribution in [0.5, 0.6) is 0 Å². The van der Waals surface area contributed by atoms with Crippen LogP contribution in [-0.4, -0.2) is 87.5 Å². The molecule has 1 fully saturated rings. The zero-order chi connectivity index (χ0) is 44.4. The first-order chi connectivity index (χ1) is 29.8. The van der Waals surface area contributed by atoms with Gasteiger partial charge in [0.25, 0.3) is 0 Å². The third kappa shape index (κ3) is 32.5. The second kappa shape index (κ2) is 42.1. The van der Waals surface area contributed by atoms with Crippen molar-refractivity contribution in [1.29, 1.82) is 0 Å². The summed E-state index contributed by atoms with van der Waals surface area (Å²) in [4.78, 5) is 13.0. The second-order valence-electron chi connectivity index (χ2n) is 17.6. The molecule has 0 spiro atoms. The topological polar surface area (TPSA) is 149 Å². The monoisotopic (exact) mass is 862 g/mol. The molecule has 7 atom stereocenters. The number of carbonyl (C=O) groups excluding carboxylic acids is 1. The van der Waals surface area contributed by atoms with E-state index < -0.39 is 49.5 Å². The highest BCUT2D eigenvalue weighted by atomic mass is 16.7. The van der Waals surface area contributed by atoms with E-state index in [1.165, 1.54) is 148 Å². The number of carbonyl (C=O) groups is 1. The van der Waals surface area contributed by atoms with Crippen molar-refractivity contribution in [2.75, 3.05) is 13.2 Å². The molecule has 61 heavy (non-hydrogen) atoms. The summed E-state index contributed by atoms with van der Waals surface area (Å²) in [5, 5.41) is 54.2. The van der Waals surface area contributed by atoms with E-state index in [9.17, 15) is 30.3 Å². The van der Waals surface area contributed by atoms with Gasteiger partial charge in [0.2, 0.25) is 5.91 Å². The van der Waals surface area contributed by atoms with Crippen LogP contribution in [-0.2, 0) is 14.3 Å². The molecule has 0 aromatic rings. The lowest BCUT2D eigenvalue weighted by Crippen LogP contribution is -2.60. The number of amides is 1. The van der Waals surface area contributed by atoms with Crippen LogP contribution in [0, 0.1) is 0 Å². The van der Waals surface area contributed by atoms with Gasteiger partial charge < -0.3 is 40.3 Å². The van der Waals surface area contributed by atoms with Crippen LogP contribution in [0.25, 0.3) is 0 Å². The van der Waals surface area contributed by atoms with Crippen LogP contribution < -0.4 is 5.32 Å². The summed E-state index contributed by atoms with van der Waals surface area (Å²) in [6, 6.07) is -0.828. The Morgan fingerprint density at radius 1 is 0.541 bits per heavy atom. The van der Waals surface area contributed by atoms with Gasteiger partial charge in [-0.1, -0.05) is 191 Å². The first-order valence-electron chi connectivity index (χ1n) is 25.4. The van der Waals surface area contributed by atoms with Crippen LogP contribution in [0.1, 0.15) is 219 Å². The maximum absolute atomic E-state index is 13.0. The fourth-order valence-electron chi connectivity index (χ4n) is 7.77. The molecule has 0 aromatic heterocycles. The summed E-state index contributed by atoms with van der Waals surface area (Å²) in [6.45, 7) is 3.74. The van der Waals surface area contributed by atoms with Gasteiger partial charge in [-0.25, -0.2) is 0 Å². The van der Waals surface area contributed by atoms with Gasteiger partial charge in [0.15, 0.2) is 6.29 Å². The van der Waals surface area contributed by atoms with Crippen molar-refractivity contribution in [2.24, 2.45) is 0 Å². The largest absolute Gasteiger partial charge is 0.394 e. The van der Waals surface area contributed by atoms with E-state index >= 15 is 0 Å². The van der Waals surface area contributed by atoms with Gasteiger partial charge >= 0.3 is 0 Å². The summed E-state index contributed by atoms with van der Waals surface area (Å²) in [5.74, 6) is -0.192. The summed E-state index contributed by atoms with van der Waals surface area (Å²) < 4.78 is 11.2. The Morgan fingerprint density at radius 2 is 0.934 bits per heavy atom. The van der Waals surface area contributed by atoms with E-state index in [-0.39, 0.29) is 12.5 Å². The van der Waals surface area contributed by atoms with Crippen LogP contribution in [0.2, 0.25) is 0 Å². The molecule has 1 amide bonds. The number of hydrogen-bond acceptors (Lipinski definition) is 8. The molecule has 1 aliphatic rings. The van der Waals surface area contributed by atoms with E-state index in [0.29, 0.717) is 6.42 Å². The summed E-state index contributed by atoms with van der Waals surface area (Å²) in [6.07, 6.45) is 47.3. The van der Waals surface area contributed by atoms with Crippen molar-refractivity contribution in [1.82, 2.24) is 5.32 Å². The molecule has 9 nitrogen and oxygen atoms in total. The SMILES string of the molecule is CCCCCCC/C=C/CC/C=C/CC/C=C/C(O)C(COC1OC(CO)C(O)C(O)C1O)NC(=O)CCCCCCCCCCCCC/C=C\CCCCCCCCCC. The van der Waals surface area contributed by atoms with E-state index in [4.69, 9.17) is 9.47 Å². The van der Waals surface area contributed by atoms with Crippen molar-refractivity contribution < 1.29 is 39.8 Å². The van der Waals surface area contributed by atoms with E-state index in [1.54, 1.807) is 6.08 Å². The van der Waals surface area contributed by atoms with Gasteiger partial charge in [-0.15, -0.1) is 0 Å². The number of allylic oxidation sites excluding steroid dienone is 7. The number of rotatable bonds is 42. The molecule has 7 unspecified atom stereocenters. The number of unbranched alkanes of at least 4 members (excludes halogenated alkanes) is 26.